The number of aryl methyl sites for hydroxylation is 1. The highest BCUT2D eigenvalue weighted by Gasteiger charge is 2.06. The molecule has 0 atom stereocenters. The van der Waals surface area contributed by atoms with Gasteiger partial charge in [-0.1, -0.05) is 0 Å². The molecule has 2 aromatic heterocycles. The Hall–Kier alpha value is -1.69. The van der Waals surface area contributed by atoms with Crippen molar-refractivity contribution in [3.63, 3.8) is 0 Å². The first-order valence-electron chi connectivity index (χ1n) is 5.20. The summed E-state index contributed by atoms with van der Waals surface area (Å²) in [6.45, 7) is 1.82. The summed E-state index contributed by atoms with van der Waals surface area (Å²) in [5.74, 6) is 0.847. The lowest BCUT2D eigenvalue weighted by Crippen LogP contribution is -2.21. The van der Waals surface area contributed by atoms with Gasteiger partial charge in [0, 0.05) is 20.1 Å². The number of likely N-dealkylation sites (N-methyl/N-ethyl adjacent to an activating group) is 1. The van der Waals surface area contributed by atoms with Gasteiger partial charge in [-0.05, 0) is 14.1 Å². The first-order valence-corrected chi connectivity index (χ1v) is 5.20. The van der Waals surface area contributed by atoms with Crippen LogP contribution in [0, 0.1) is 0 Å². The van der Waals surface area contributed by atoms with Gasteiger partial charge in [-0.25, -0.2) is 9.97 Å². The number of anilines is 1. The van der Waals surface area contributed by atoms with Crippen LogP contribution in [0.2, 0.25) is 0 Å². The average molecular weight is 220 g/mol. The van der Waals surface area contributed by atoms with Gasteiger partial charge in [0.25, 0.3) is 0 Å². The third kappa shape index (κ3) is 2.11. The number of hydrogen-bond donors (Lipinski definition) is 1. The predicted molar refractivity (Wildman–Crippen MR) is 63.3 cm³/mol. The van der Waals surface area contributed by atoms with Gasteiger partial charge in [-0.2, -0.15) is 5.10 Å². The van der Waals surface area contributed by atoms with Crippen molar-refractivity contribution in [1.29, 1.82) is 0 Å². The smallest absolute Gasteiger partial charge is 0.163 e. The van der Waals surface area contributed by atoms with Crippen molar-refractivity contribution in [1.82, 2.24) is 24.6 Å². The van der Waals surface area contributed by atoms with Gasteiger partial charge in [0.15, 0.2) is 5.65 Å². The molecule has 0 spiro atoms. The van der Waals surface area contributed by atoms with E-state index in [9.17, 15) is 0 Å². The summed E-state index contributed by atoms with van der Waals surface area (Å²) in [6.07, 6.45) is 3.34. The van der Waals surface area contributed by atoms with Gasteiger partial charge in [0.1, 0.15) is 12.1 Å². The minimum absolute atomic E-state index is 0.847. The first-order chi connectivity index (χ1) is 7.68. The van der Waals surface area contributed by atoms with Crippen molar-refractivity contribution in [3.8, 4) is 0 Å². The molecule has 0 amide bonds. The minimum Gasteiger partial charge on any atom is -0.368 e. The number of nitrogens with zero attached hydrogens (tertiary/aromatic N) is 5. The molecule has 2 heterocycles. The fourth-order valence-corrected chi connectivity index (χ4v) is 1.50. The molecule has 0 saturated carbocycles. The summed E-state index contributed by atoms with van der Waals surface area (Å²) in [4.78, 5) is 10.5. The Balaban J connectivity index is 2.17. The molecule has 0 aliphatic carbocycles. The number of hydrogen-bond acceptors (Lipinski definition) is 5. The second-order valence-electron chi connectivity index (χ2n) is 3.96. The molecule has 0 unspecified atom stereocenters. The van der Waals surface area contributed by atoms with Crippen LogP contribution >= 0.6 is 0 Å². The summed E-state index contributed by atoms with van der Waals surface area (Å²) >= 11 is 0. The maximum absolute atomic E-state index is 4.22. The fraction of sp³-hybridized carbons (Fsp3) is 0.500. The zero-order valence-corrected chi connectivity index (χ0v) is 9.80. The molecular formula is C10H16N6. The van der Waals surface area contributed by atoms with Crippen molar-refractivity contribution in [2.75, 3.05) is 32.5 Å². The van der Waals surface area contributed by atoms with E-state index in [2.05, 4.69) is 25.3 Å². The molecule has 0 aliphatic rings. The molecule has 6 nitrogen and oxygen atoms in total. The van der Waals surface area contributed by atoms with Crippen molar-refractivity contribution >= 4 is 16.9 Å². The molecule has 2 rings (SSSR count). The lowest BCUT2D eigenvalue weighted by atomic mass is 10.4. The van der Waals surface area contributed by atoms with Gasteiger partial charge < -0.3 is 10.2 Å². The van der Waals surface area contributed by atoms with Gasteiger partial charge in [0.2, 0.25) is 0 Å². The zero-order valence-electron chi connectivity index (χ0n) is 9.80. The average Bonchev–Trinajstić information content (AvgIpc) is 2.61. The Bertz CT molecular complexity index is 475. The van der Waals surface area contributed by atoms with Crippen LogP contribution in [-0.4, -0.2) is 51.8 Å². The highest BCUT2D eigenvalue weighted by Crippen LogP contribution is 2.16. The monoisotopic (exact) mass is 220 g/mol. The SMILES string of the molecule is CN(C)CCNc1ncnc2c1cnn2C. The van der Waals surface area contributed by atoms with E-state index < -0.39 is 0 Å². The molecule has 0 radical (unpaired) electrons. The second-order valence-corrected chi connectivity index (χ2v) is 3.96. The van der Waals surface area contributed by atoms with E-state index in [1.165, 1.54) is 0 Å². The quantitative estimate of drug-likeness (QED) is 0.805. The molecule has 0 bridgehead atoms. The Labute approximate surface area is 94.3 Å². The summed E-state index contributed by atoms with van der Waals surface area (Å²) in [5, 5.41) is 8.41. The topological polar surface area (TPSA) is 58.9 Å². The zero-order chi connectivity index (χ0) is 11.5. The third-order valence-electron chi connectivity index (χ3n) is 2.38. The van der Waals surface area contributed by atoms with E-state index in [1.54, 1.807) is 17.2 Å². The van der Waals surface area contributed by atoms with Gasteiger partial charge in [-0.3, -0.25) is 4.68 Å². The maximum Gasteiger partial charge on any atom is 0.163 e. The summed E-state index contributed by atoms with van der Waals surface area (Å²) in [5.41, 5.74) is 0.849. The van der Waals surface area contributed by atoms with Gasteiger partial charge in [0.05, 0.1) is 11.6 Å². The van der Waals surface area contributed by atoms with Crippen LogP contribution in [0.25, 0.3) is 11.0 Å². The van der Waals surface area contributed by atoms with Crippen molar-refractivity contribution in [2.24, 2.45) is 7.05 Å². The predicted octanol–water partition coefficient (Wildman–Crippen LogP) is 0.337. The number of fused-ring (bicyclic) bond motifs is 1. The number of nitrogens with one attached hydrogen (secondary N) is 1. The molecule has 6 heteroatoms. The molecule has 2 aromatic rings. The molecule has 86 valence electrons. The maximum atomic E-state index is 4.22. The van der Waals surface area contributed by atoms with E-state index in [-0.39, 0.29) is 0 Å². The third-order valence-corrected chi connectivity index (χ3v) is 2.38. The molecule has 0 fully saturated rings. The Kier molecular flexibility index (Phi) is 3.00. The van der Waals surface area contributed by atoms with Crippen molar-refractivity contribution in [3.05, 3.63) is 12.5 Å². The fourth-order valence-electron chi connectivity index (χ4n) is 1.50. The number of rotatable bonds is 4. The lowest BCUT2D eigenvalue weighted by molar-refractivity contribution is 0.425. The van der Waals surface area contributed by atoms with Crippen LogP contribution in [0.4, 0.5) is 5.82 Å². The second kappa shape index (κ2) is 4.44. The van der Waals surface area contributed by atoms with E-state index >= 15 is 0 Å². The molecule has 0 aromatic carbocycles. The molecular weight excluding hydrogens is 204 g/mol. The normalized spacial score (nSPS) is 11.2. The van der Waals surface area contributed by atoms with Crippen molar-refractivity contribution in [2.45, 2.75) is 0 Å². The summed E-state index contributed by atoms with van der Waals surface area (Å²) in [6, 6.07) is 0. The molecule has 16 heavy (non-hydrogen) atoms. The van der Waals surface area contributed by atoms with Crippen LogP contribution in [0.1, 0.15) is 0 Å². The van der Waals surface area contributed by atoms with Crippen molar-refractivity contribution < 1.29 is 0 Å². The lowest BCUT2D eigenvalue weighted by Gasteiger charge is -2.10. The van der Waals surface area contributed by atoms with E-state index in [1.807, 2.05) is 21.1 Å². The summed E-state index contributed by atoms with van der Waals surface area (Å²) in [7, 11) is 5.96. The summed E-state index contributed by atoms with van der Waals surface area (Å²) < 4.78 is 1.74. The Morgan fingerprint density at radius 1 is 1.38 bits per heavy atom. The first kappa shape index (κ1) is 10.8. The van der Waals surface area contributed by atoms with Crippen LogP contribution in [0.5, 0.6) is 0 Å². The van der Waals surface area contributed by atoms with Crippen LogP contribution in [-0.2, 0) is 7.05 Å². The highest BCUT2D eigenvalue weighted by molar-refractivity contribution is 5.85. The number of aromatic nitrogens is 4. The van der Waals surface area contributed by atoms with Crippen LogP contribution in [0.15, 0.2) is 12.5 Å². The van der Waals surface area contributed by atoms with Crippen LogP contribution in [0.3, 0.4) is 0 Å². The molecule has 1 N–H and O–H groups in total. The van der Waals surface area contributed by atoms with E-state index in [0.29, 0.717) is 0 Å². The van der Waals surface area contributed by atoms with Crippen LogP contribution < -0.4 is 5.32 Å². The Morgan fingerprint density at radius 2 is 2.19 bits per heavy atom. The molecule has 0 saturated heterocycles. The van der Waals surface area contributed by atoms with E-state index in [4.69, 9.17) is 0 Å². The van der Waals surface area contributed by atoms with E-state index in [0.717, 1.165) is 29.9 Å². The molecule has 0 aliphatic heterocycles. The van der Waals surface area contributed by atoms with Gasteiger partial charge in [-0.15, -0.1) is 0 Å². The highest BCUT2D eigenvalue weighted by atomic mass is 15.3. The minimum atomic E-state index is 0.847. The Morgan fingerprint density at radius 3 is 2.94 bits per heavy atom. The standard InChI is InChI=1S/C10H16N6/c1-15(2)5-4-11-9-8-6-14-16(3)10(8)13-7-12-9/h6-7H,4-5H2,1-3H3,(H,11,12,13). The van der Waals surface area contributed by atoms with Gasteiger partial charge >= 0.3 is 0 Å². The largest absolute Gasteiger partial charge is 0.368 e.